The number of benzene rings is 1. The zero-order valence-electron chi connectivity index (χ0n) is 10.9. The van der Waals surface area contributed by atoms with Gasteiger partial charge in [-0.2, -0.15) is 13.6 Å². The van der Waals surface area contributed by atoms with E-state index >= 15 is 0 Å². The predicted molar refractivity (Wildman–Crippen MR) is 71.1 cm³/mol. The monoisotopic (exact) mass is 314 g/mol. The Kier molecular flexibility index (Phi) is 4.78. The summed E-state index contributed by atoms with van der Waals surface area (Å²) in [6.07, 6.45) is 1.13. The van der Waals surface area contributed by atoms with Crippen LogP contribution in [0.5, 0.6) is 0 Å². The van der Waals surface area contributed by atoms with Crippen LogP contribution in [-0.2, 0) is 14.3 Å². The van der Waals surface area contributed by atoms with E-state index in [2.05, 4.69) is 10.0 Å². The maximum absolute atomic E-state index is 12.1. The summed E-state index contributed by atoms with van der Waals surface area (Å²) in [5.41, 5.74) is 8.43. The fourth-order valence-corrected chi connectivity index (χ4v) is 3.33. The third-order valence-corrected chi connectivity index (χ3v) is 4.61. The molecule has 2 rings (SSSR count). The van der Waals surface area contributed by atoms with Crippen molar-refractivity contribution in [1.82, 2.24) is 0 Å². The highest BCUT2D eigenvalue weighted by atomic mass is 32.2. The lowest BCUT2D eigenvalue weighted by Gasteiger charge is -2.16. The van der Waals surface area contributed by atoms with Gasteiger partial charge in [-0.15, -0.1) is 0 Å². The molecule has 1 saturated carbocycles. The molecule has 2 N–H and O–H groups in total. The lowest BCUT2D eigenvalue weighted by atomic mass is 10.2. The Balaban J connectivity index is 2.16. The van der Waals surface area contributed by atoms with Crippen LogP contribution in [0.3, 0.4) is 0 Å². The van der Waals surface area contributed by atoms with Crippen LogP contribution in [-0.4, -0.2) is 25.8 Å². The second-order valence-corrected chi connectivity index (χ2v) is 6.19. The fraction of sp³-hybridized carbons (Fsp3) is 0.455. The molecule has 1 aliphatic rings. The Bertz CT molecular complexity index is 639. The molecule has 0 heterocycles. The van der Waals surface area contributed by atoms with Crippen molar-refractivity contribution in [3.8, 4) is 0 Å². The first-order valence-electron chi connectivity index (χ1n) is 6.25. The smallest absolute Gasteiger partial charge is 0.297 e. The Hall–Kier alpha value is -1.68. The van der Waals surface area contributed by atoms with Crippen LogP contribution in [0.15, 0.2) is 34.3 Å². The van der Waals surface area contributed by atoms with Gasteiger partial charge in [-0.05, 0) is 30.5 Å². The second kappa shape index (κ2) is 6.39. The lowest BCUT2D eigenvalue weighted by molar-refractivity contribution is -0.991. The molecule has 0 bridgehead atoms. The van der Waals surface area contributed by atoms with Gasteiger partial charge in [0.15, 0.2) is 5.69 Å². The maximum Gasteiger partial charge on any atom is 0.297 e. The van der Waals surface area contributed by atoms with E-state index < -0.39 is 27.5 Å². The van der Waals surface area contributed by atoms with Gasteiger partial charge < -0.3 is 5.21 Å². The van der Waals surface area contributed by atoms with Crippen LogP contribution in [0, 0.1) is 5.21 Å². The van der Waals surface area contributed by atoms with Gasteiger partial charge >= 0.3 is 0 Å². The first kappa shape index (κ1) is 15.7. The van der Waals surface area contributed by atoms with E-state index in [4.69, 9.17) is 14.9 Å². The first-order chi connectivity index (χ1) is 9.94. The highest BCUT2D eigenvalue weighted by Crippen LogP contribution is 2.28. The molecule has 1 fully saturated rings. The number of rotatable bonds is 5. The highest BCUT2D eigenvalue weighted by molar-refractivity contribution is 7.86. The number of nitrogens with one attached hydrogen (secondary N) is 1. The third kappa shape index (κ3) is 3.70. The number of hydrogen-bond acceptors (Lipinski definition) is 6. The molecule has 21 heavy (non-hydrogen) atoms. The molecule has 0 aliphatic heterocycles. The summed E-state index contributed by atoms with van der Waals surface area (Å²) >= 11 is 0. The quantitative estimate of drug-likeness (QED) is 0.274. The zero-order valence-corrected chi connectivity index (χ0v) is 11.7. The number of nitrogens with zero attached hydrogens (tertiary/aromatic N) is 3. The summed E-state index contributed by atoms with van der Waals surface area (Å²) in [5.74, 6) is 0. The molecule has 1 aliphatic carbocycles. The average Bonchev–Trinajstić information content (AvgIpc) is 2.86. The summed E-state index contributed by atoms with van der Waals surface area (Å²) in [5, 5.41) is 21.9. The normalized spacial score (nSPS) is 23.5. The highest BCUT2D eigenvalue weighted by Gasteiger charge is 2.32. The molecule has 1 unspecified atom stereocenters. The minimum atomic E-state index is -4.01. The number of quaternary nitrogens is 1. The second-order valence-electron chi connectivity index (χ2n) is 4.62. The Morgan fingerprint density at radius 2 is 2.05 bits per heavy atom. The van der Waals surface area contributed by atoms with Gasteiger partial charge in [0.05, 0.1) is 17.0 Å². The first-order valence-corrected chi connectivity index (χ1v) is 7.66. The van der Waals surface area contributed by atoms with Crippen molar-refractivity contribution in [1.29, 1.82) is 0 Å². The number of hydrogen-bond donors (Lipinski definition) is 2. The molecule has 1 aromatic carbocycles. The molecule has 9 nitrogen and oxygen atoms in total. The molecule has 3 atom stereocenters. The van der Waals surface area contributed by atoms with Crippen LogP contribution in [0.1, 0.15) is 19.3 Å². The molecule has 0 spiro atoms. The van der Waals surface area contributed by atoms with Crippen LogP contribution in [0.4, 0.5) is 5.69 Å². The van der Waals surface area contributed by atoms with Crippen molar-refractivity contribution in [2.45, 2.75) is 36.3 Å². The topological polar surface area (TPSA) is 140 Å². The predicted octanol–water partition coefficient (Wildman–Crippen LogP) is 1.03. The van der Waals surface area contributed by atoms with Crippen molar-refractivity contribution in [3.63, 3.8) is 0 Å². The van der Waals surface area contributed by atoms with E-state index in [1.165, 1.54) is 24.3 Å². The van der Waals surface area contributed by atoms with E-state index in [-0.39, 0.29) is 10.6 Å². The van der Waals surface area contributed by atoms with Gasteiger partial charge in [0.1, 0.15) is 0 Å². The average molecular weight is 314 g/mol. The SMILES string of the molecule is [N-]=[N+]=N[C@@H]1CCC[C@H]1OS(=O)(=O)c1ccc([NH+]([O-])O)cc1. The maximum atomic E-state index is 12.1. The summed E-state index contributed by atoms with van der Waals surface area (Å²) in [6, 6.07) is 4.24. The molecule has 0 saturated heterocycles. The molecule has 0 aromatic heterocycles. The van der Waals surface area contributed by atoms with Crippen LogP contribution in [0.2, 0.25) is 0 Å². The molecule has 114 valence electrons. The van der Waals surface area contributed by atoms with E-state index in [1.807, 2.05) is 0 Å². The Labute approximate surface area is 121 Å². The lowest BCUT2D eigenvalue weighted by Crippen LogP contribution is -2.99. The fourth-order valence-electron chi connectivity index (χ4n) is 2.20. The van der Waals surface area contributed by atoms with Gasteiger partial charge in [-0.25, -0.2) is 5.21 Å². The number of azide groups is 1. The third-order valence-electron chi connectivity index (χ3n) is 3.26. The van der Waals surface area contributed by atoms with Gasteiger partial charge in [-0.3, -0.25) is 4.18 Å². The van der Waals surface area contributed by atoms with Gasteiger partial charge in [0.2, 0.25) is 0 Å². The molecule has 10 heteroatoms. The molecule has 0 radical (unpaired) electrons. The minimum Gasteiger partial charge on any atom is -0.595 e. The van der Waals surface area contributed by atoms with E-state index in [1.54, 1.807) is 0 Å². The molecule has 1 aromatic rings. The van der Waals surface area contributed by atoms with E-state index in [0.717, 1.165) is 6.42 Å². The summed E-state index contributed by atoms with van der Waals surface area (Å²) in [7, 11) is -4.01. The van der Waals surface area contributed by atoms with Gasteiger partial charge in [0, 0.05) is 17.0 Å². The van der Waals surface area contributed by atoms with E-state index in [9.17, 15) is 13.6 Å². The molecular formula is C11H14N4O5S. The zero-order chi connectivity index (χ0) is 15.5. The van der Waals surface area contributed by atoms with Crippen LogP contribution in [0.25, 0.3) is 10.4 Å². The van der Waals surface area contributed by atoms with Gasteiger partial charge in [0.25, 0.3) is 10.1 Å². The summed E-state index contributed by atoms with van der Waals surface area (Å²) < 4.78 is 29.3. The molecule has 0 amide bonds. The minimum absolute atomic E-state index is 0.0122. The van der Waals surface area contributed by atoms with E-state index in [0.29, 0.717) is 12.8 Å². The molecular weight excluding hydrogens is 300 g/mol. The van der Waals surface area contributed by atoms with Gasteiger partial charge in [-0.1, -0.05) is 11.5 Å². The summed E-state index contributed by atoms with van der Waals surface area (Å²) in [4.78, 5) is 2.56. The summed E-state index contributed by atoms with van der Waals surface area (Å²) in [6.45, 7) is 0. The van der Waals surface area contributed by atoms with Crippen LogP contribution >= 0.6 is 0 Å². The standard InChI is InChI=1S/C11H14N4O5S/c12-14-13-10-2-1-3-11(10)20-21(18,19)9-6-4-8(5-7-9)15(16)17/h4-7,10-11,15-16H,1-3H2/t10-,11-/m1/s1. The van der Waals surface area contributed by atoms with Crippen molar-refractivity contribution in [2.24, 2.45) is 5.11 Å². The largest absolute Gasteiger partial charge is 0.595 e. The van der Waals surface area contributed by atoms with Crippen molar-refractivity contribution in [2.75, 3.05) is 0 Å². The van der Waals surface area contributed by atoms with Crippen molar-refractivity contribution < 1.29 is 23.0 Å². The Morgan fingerprint density at radius 1 is 1.38 bits per heavy atom. The van der Waals surface area contributed by atoms with Crippen molar-refractivity contribution in [3.05, 3.63) is 39.9 Å². The van der Waals surface area contributed by atoms with Crippen molar-refractivity contribution >= 4 is 15.8 Å². The van der Waals surface area contributed by atoms with Crippen LogP contribution < -0.4 is 5.23 Å². The Morgan fingerprint density at radius 3 is 2.62 bits per heavy atom.